The lowest BCUT2D eigenvalue weighted by Crippen LogP contribution is -2.41. The summed E-state index contributed by atoms with van der Waals surface area (Å²) in [5, 5.41) is 9.70. The molecule has 1 heterocycles. The van der Waals surface area contributed by atoms with E-state index in [0.717, 1.165) is 19.5 Å². The quantitative estimate of drug-likeness (QED) is 0.764. The zero-order valence-electron chi connectivity index (χ0n) is 10.6. The Morgan fingerprint density at radius 2 is 2.25 bits per heavy atom. The summed E-state index contributed by atoms with van der Waals surface area (Å²) in [5.74, 6) is 0.699. The maximum Gasteiger partial charge on any atom is 0.225 e. The van der Waals surface area contributed by atoms with Crippen LogP contribution in [0.2, 0.25) is 0 Å². The van der Waals surface area contributed by atoms with Gasteiger partial charge >= 0.3 is 0 Å². The molecule has 0 spiro atoms. The van der Waals surface area contributed by atoms with Crippen molar-refractivity contribution in [2.24, 2.45) is 5.92 Å². The molecule has 0 saturated carbocycles. The molecule has 1 aliphatic heterocycles. The zero-order valence-corrected chi connectivity index (χ0v) is 10.6. The van der Waals surface area contributed by atoms with Crippen molar-refractivity contribution in [3.8, 4) is 0 Å². The molecule has 0 bridgehead atoms. The SMILES string of the molecule is CC1CCCN(C(=O)CC(O)CN(C)C)C1. The second kappa shape index (κ2) is 6.21. The summed E-state index contributed by atoms with van der Waals surface area (Å²) in [4.78, 5) is 15.7. The zero-order chi connectivity index (χ0) is 12.1. The lowest BCUT2D eigenvalue weighted by molar-refractivity contribution is -0.135. The van der Waals surface area contributed by atoms with Crippen LogP contribution in [0.15, 0.2) is 0 Å². The largest absolute Gasteiger partial charge is 0.391 e. The number of piperidine rings is 1. The summed E-state index contributed by atoms with van der Waals surface area (Å²) >= 11 is 0. The van der Waals surface area contributed by atoms with Gasteiger partial charge in [-0.15, -0.1) is 0 Å². The Kier molecular flexibility index (Phi) is 5.22. The van der Waals surface area contributed by atoms with Gasteiger partial charge in [0.25, 0.3) is 0 Å². The van der Waals surface area contributed by atoms with E-state index >= 15 is 0 Å². The summed E-state index contributed by atoms with van der Waals surface area (Å²) < 4.78 is 0. The summed E-state index contributed by atoms with van der Waals surface area (Å²) in [6, 6.07) is 0. The Balaban J connectivity index is 2.33. The first-order chi connectivity index (χ1) is 7.49. The Bertz CT molecular complexity index is 231. The van der Waals surface area contributed by atoms with Crippen LogP contribution in [-0.2, 0) is 4.79 Å². The number of hydrogen-bond acceptors (Lipinski definition) is 3. The van der Waals surface area contributed by atoms with Crippen molar-refractivity contribution >= 4 is 5.91 Å². The number of likely N-dealkylation sites (tertiary alicyclic amines) is 1. The van der Waals surface area contributed by atoms with E-state index < -0.39 is 6.10 Å². The third kappa shape index (κ3) is 4.49. The van der Waals surface area contributed by atoms with Crippen LogP contribution in [0.4, 0.5) is 0 Å². The molecule has 0 aromatic carbocycles. The van der Waals surface area contributed by atoms with E-state index in [0.29, 0.717) is 12.5 Å². The highest BCUT2D eigenvalue weighted by atomic mass is 16.3. The number of aliphatic hydroxyl groups excluding tert-OH is 1. The fourth-order valence-electron chi connectivity index (χ4n) is 2.23. The van der Waals surface area contributed by atoms with Crippen LogP contribution in [-0.4, -0.2) is 60.6 Å². The van der Waals surface area contributed by atoms with E-state index in [1.807, 2.05) is 23.9 Å². The molecule has 1 fully saturated rings. The van der Waals surface area contributed by atoms with E-state index in [1.54, 1.807) is 0 Å². The number of rotatable bonds is 4. The summed E-state index contributed by atoms with van der Waals surface area (Å²) in [5.41, 5.74) is 0. The van der Waals surface area contributed by atoms with Gasteiger partial charge in [-0.1, -0.05) is 6.92 Å². The van der Waals surface area contributed by atoms with Gasteiger partial charge in [-0.2, -0.15) is 0 Å². The number of amides is 1. The van der Waals surface area contributed by atoms with Crippen LogP contribution in [0.5, 0.6) is 0 Å². The number of hydrogen-bond donors (Lipinski definition) is 1. The first-order valence-corrected chi connectivity index (χ1v) is 6.09. The van der Waals surface area contributed by atoms with Crippen LogP contribution in [0.25, 0.3) is 0 Å². The molecular weight excluding hydrogens is 204 g/mol. The van der Waals surface area contributed by atoms with Crippen LogP contribution in [0.1, 0.15) is 26.2 Å². The van der Waals surface area contributed by atoms with Gasteiger partial charge in [-0.25, -0.2) is 0 Å². The van der Waals surface area contributed by atoms with Gasteiger partial charge in [0, 0.05) is 19.6 Å². The number of carbonyl (C=O) groups excluding carboxylic acids is 1. The monoisotopic (exact) mass is 228 g/mol. The minimum absolute atomic E-state index is 0.0981. The lowest BCUT2D eigenvalue weighted by Gasteiger charge is -2.31. The van der Waals surface area contributed by atoms with E-state index in [9.17, 15) is 9.90 Å². The lowest BCUT2D eigenvalue weighted by atomic mass is 10.00. The highest BCUT2D eigenvalue weighted by molar-refractivity contribution is 5.76. The highest BCUT2D eigenvalue weighted by Crippen LogP contribution is 2.16. The molecule has 94 valence electrons. The Morgan fingerprint density at radius 1 is 1.56 bits per heavy atom. The van der Waals surface area contributed by atoms with Crippen LogP contribution in [0.3, 0.4) is 0 Å². The first kappa shape index (κ1) is 13.5. The van der Waals surface area contributed by atoms with Gasteiger partial charge in [0.15, 0.2) is 0 Å². The molecule has 2 unspecified atom stereocenters. The van der Waals surface area contributed by atoms with E-state index in [2.05, 4.69) is 6.92 Å². The molecule has 1 saturated heterocycles. The minimum Gasteiger partial charge on any atom is -0.391 e. The second-order valence-corrected chi connectivity index (χ2v) is 5.21. The van der Waals surface area contributed by atoms with E-state index in [1.165, 1.54) is 6.42 Å². The van der Waals surface area contributed by atoms with Crippen LogP contribution in [0, 0.1) is 5.92 Å². The van der Waals surface area contributed by atoms with Gasteiger partial charge in [-0.3, -0.25) is 4.79 Å². The van der Waals surface area contributed by atoms with Gasteiger partial charge in [-0.05, 0) is 32.9 Å². The average Bonchev–Trinajstić information content (AvgIpc) is 2.16. The maximum atomic E-state index is 11.9. The molecule has 0 aromatic heterocycles. The maximum absolute atomic E-state index is 11.9. The van der Waals surface area contributed by atoms with Crippen molar-refractivity contribution in [2.75, 3.05) is 33.7 Å². The highest BCUT2D eigenvalue weighted by Gasteiger charge is 2.22. The predicted octanol–water partition coefficient (Wildman–Crippen LogP) is 0.558. The van der Waals surface area contributed by atoms with Gasteiger partial charge < -0.3 is 14.9 Å². The fraction of sp³-hybridized carbons (Fsp3) is 0.917. The molecular formula is C12H24N2O2. The molecule has 4 nitrogen and oxygen atoms in total. The molecule has 2 atom stereocenters. The predicted molar refractivity (Wildman–Crippen MR) is 64.2 cm³/mol. The second-order valence-electron chi connectivity index (χ2n) is 5.21. The molecule has 1 aliphatic rings. The van der Waals surface area contributed by atoms with Crippen molar-refractivity contribution in [2.45, 2.75) is 32.3 Å². The molecule has 1 rings (SSSR count). The number of carbonyl (C=O) groups is 1. The van der Waals surface area contributed by atoms with Crippen LogP contribution < -0.4 is 0 Å². The van der Waals surface area contributed by atoms with Gasteiger partial charge in [0.1, 0.15) is 0 Å². The molecule has 0 aliphatic carbocycles. The smallest absolute Gasteiger partial charge is 0.225 e. The van der Waals surface area contributed by atoms with Gasteiger partial charge in [0.2, 0.25) is 5.91 Å². The Morgan fingerprint density at radius 3 is 2.81 bits per heavy atom. The van der Waals surface area contributed by atoms with Gasteiger partial charge in [0.05, 0.1) is 12.5 Å². The minimum atomic E-state index is -0.542. The molecule has 1 amide bonds. The molecule has 0 aromatic rings. The normalized spacial score (nSPS) is 23.6. The average molecular weight is 228 g/mol. The molecule has 0 radical (unpaired) electrons. The number of likely N-dealkylation sites (N-methyl/N-ethyl adjacent to an activating group) is 1. The first-order valence-electron chi connectivity index (χ1n) is 6.09. The van der Waals surface area contributed by atoms with E-state index in [4.69, 9.17) is 0 Å². The van der Waals surface area contributed by atoms with E-state index in [-0.39, 0.29) is 12.3 Å². The summed E-state index contributed by atoms with van der Waals surface area (Å²) in [7, 11) is 3.80. The van der Waals surface area contributed by atoms with Crippen LogP contribution >= 0.6 is 0 Å². The summed E-state index contributed by atoms with van der Waals surface area (Å²) in [6.07, 6.45) is 2.02. The van der Waals surface area contributed by atoms with Crippen molar-refractivity contribution in [3.05, 3.63) is 0 Å². The van der Waals surface area contributed by atoms with Crippen molar-refractivity contribution in [3.63, 3.8) is 0 Å². The fourth-order valence-corrected chi connectivity index (χ4v) is 2.23. The summed E-state index contributed by atoms with van der Waals surface area (Å²) in [6.45, 7) is 4.44. The van der Waals surface area contributed by atoms with Crippen molar-refractivity contribution in [1.29, 1.82) is 0 Å². The molecule has 1 N–H and O–H groups in total. The topological polar surface area (TPSA) is 43.8 Å². The standard InChI is InChI=1S/C12H24N2O2/c1-10-5-4-6-14(8-10)12(16)7-11(15)9-13(2)3/h10-11,15H,4-9H2,1-3H3. The molecule has 4 heteroatoms. The molecule has 16 heavy (non-hydrogen) atoms. The number of nitrogens with zero attached hydrogens (tertiary/aromatic N) is 2. The number of aliphatic hydroxyl groups is 1. The van der Waals surface area contributed by atoms with Crippen molar-refractivity contribution in [1.82, 2.24) is 9.80 Å². The van der Waals surface area contributed by atoms with Crippen molar-refractivity contribution < 1.29 is 9.90 Å². The third-order valence-electron chi connectivity index (χ3n) is 3.00. The third-order valence-corrected chi connectivity index (χ3v) is 3.00. The Labute approximate surface area is 98.2 Å². The Hall–Kier alpha value is -0.610.